The number of rotatable bonds is 1. The Kier molecular flexibility index (Phi) is 2.40. The Morgan fingerprint density at radius 2 is 1.55 bits per heavy atom. The minimum atomic E-state index is 1.27. The summed E-state index contributed by atoms with van der Waals surface area (Å²) in [6, 6.07) is 21.4. The molecule has 4 rings (SSSR count). The Balaban J connectivity index is 2.09. The average molecular weight is 257 g/mol. The highest BCUT2D eigenvalue weighted by Gasteiger charge is 2.10. The molecule has 0 radical (unpaired) electrons. The number of nitrogens with zero attached hydrogens (tertiary/aromatic N) is 1. The van der Waals surface area contributed by atoms with Gasteiger partial charge in [0.25, 0.3) is 0 Å². The van der Waals surface area contributed by atoms with Gasteiger partial charge in [0.15, 0.2) is 0 Å². The van der Waals surface area contributed by atoms with Crippen molar-refractivity contribution in [1.29, 1.82) is 0 Å². The summed E-state index contributed by atoms with van der Waals surface area (Å²) in [5, 5.41) is 2.61. The Morgan fingerprint density at radius 3 is 2.45 bits per heavy atom. The van der Waals surface area contributed by atoms with E-state index in [-0.39, 0.29) is 0 Å². The Morgan fingerprint density at radius 1 is 0.750 bits per heavy atom. The van der Waals surface area contributed by atoms with Crippen molar-refractivity contribution in [3.63, 3.8) is 0 Å². The monoisotopic (exact) mass is 257 g/mol. The van der Waals surface area contributed by atoms with Crippen LogP contribution in [0.1, 0.15) is 5.56 Å². The molecule has 2 aromatic heterocycles. The van der Waals surface area contributed by atoms with Crippen molar-refractivity contribution in [2.45, 2.75) is 6.92 Å². The lowest BCUT2D eigenvalue weighted by Gasteiger charge is -2.05. The van der Waals surface area contributed by atoms with E-state index >= 15 is 0 Å². The number of pyridine rings is 1. The molecule has 0 aliphatic rings. The molecule has 0 unspecified atom stereocenters. The van der Waals surface area contributed by atoms with Gasteiger partial charge >= 0.3 is 0 Å². The van der Waals surface area contributed by atoms with Crippen LogP contribution in [0, 0.1) is 6.92 Å². The Hall–Kier alpha value is -2.54. The number of hydrogen-bond donors (Lipinski definition) is 0. The van der Waals surface area contributed by atoms with Crippen LogP contribution in [0.5, 0.6) is 0 Å². The summed E-state index contributed by atoms with van der Waals surface area (Å²) in [5.41, 5.74) is 5.23. The molecule has 0 amide bonds. The third-order valence-electron chi connectivity index (χ3n) is 4.03. The van der Waals surface area contributed by atoms with Gasteiger partial charge in [0.2, 0.25) is 0 Å². The van der Waals surface area contributed by atoms with Crippen LogP contribution in [0.3, 0.4) is 0 Å². The first kappa shape index (κ1) is 11.3. The first-order valence-corrected chi connectivity index (χ1v) is 6.89. The maximum atomic E-state index is 2.23. The maximum absolute atomic E-state index is 2.23. The van der Waals surface area contributed by atoms with Crippen LogP contribution < -0.4 is 0 Å². The van der Waals surface area contributed by atoms with E-state index in [2.05, 4.69) is 84.4 Å². The standard InChI is InChI=1S/C19H15N/c1-14-18(13-20-12-5-4-11-19(14)20)17-10-6-8-15-7-2-3-9-16(15)17/h2-13H,1H3. The van der Waals surface area contributed by atoms with Crippen molar-refractivity contribution >= 4 is 16.3 Å². The van der Waals surface area contributed by atoms with Crippen LogP contribution in [-0.4, -0.2) is 4.40 Å². The fraction of sp³-hybridized carbons (Fsp3) is 0.0526. The van der Waals surface area contributed by atoms with Gasteiger partial charge in [0.05, 0.1) is 0 Å². The molecule has 2 heterocycles. The smallest absolute Gasteiger partial charge is 0.0485 e. The molecule has 0 aliphatic carbocycles. The molecular formula is C19H15N. The molecule has 0 atom stereocenters. The van der Waals surface area contributed by atoms with Crippen LogP contribution in [0.15, 0.2) is 73.1 Å². The molecule has 2 aromatic carbocycles. The molecule has 0 aliphatic heterocycles. The van der Waals surface area contributed by atoms with Crippen molar-refractivity contribution in [3.8, 4) is 11.1 Å². The van der Waals surface area contributed by atoms with E-state index in [1.54, 1.807) is 0 Å². The lowest BCUT2D eigenvalue weighted by molar-refractivity contribution is 1.20. The zero-order valence-corrected chi connectivity index (χ0v) is 11.4. The zero-order chi connectivity index (χ0) is 13.5. The molecule has 96 valence electrons. The number of benzene rings is 2. The van der Waals surface area contributed by atoms with Gasteiger partial charge in [-0.05, 0) is 41.0 Å². The van der Waals surface area contributed by atoms with E-state index in [1.165, 1.54) is 33.0 Å². The van der Waals surface area contributed by atoms with Crippen LogP contribution in [0.2, 0.25) is 0 Å². The summed E-state index contributed by atoms with van der Waals surface area (Å²) in [4.78, 5) is 0. The molecule has 1 heteroatoms. The topological polar surface area (TPSA) is 4.41 Å². The highest BCUT2D eigenvalue weighted by Crippen LogP contribution is 2.33. The van der Waals surface area contributed by atoms with Crippen molar-refractivity contribution in [2.75, 3.05) is 0 Å². The quantitative estimate of drug-likeness (QED) is 0.448. The summed E-state index contributed by atoms with van der Waals surface area (Å²) in [6.07, 6.45) is 4.34. The molecule has 0 bridgehead atoms. The molecule has 0 N–H and O–H groups in total. The zero-order valence-electron chi connectivity index (χ0n) is 11.4. The van der Waals surface area contributed by atoms with E-state index in [4.69, 9.17) is 0 Å². The second-order valence-corrected chi connectivity index (χ2v) is 5.19. The van der Waals surface area contributed by atoms with Crippen LogP contribution in [0.4, 0.5) is 0 Å². The average Bonchev–Trinajstić information content (AvgIpc) is 2.84. The Labute approximate surface area is 118 Å². The van der Waals surface area contributed by atoms with E-state index in [0.717, 1.165) is 0 Å². The van der Waals surface area contributed by atoms with E-state index in [0.29, 0.717) is 0 Å². The molecule has 20 heavy (non-hydrogen) atoms. The van der Waals surface area contributed by atoms with E-state index < -0.39 is 0 Å². The lowest BCUT2D eigenvalue weighted by Crippen LogP contribution is -1.81. The third-order valence-corrected chi connectivity index (χ3v) is 4.03. The molecule has 0 saturated heterocycles. The summed E-state index contributed by atoms with van der Waals surface area (Å²) in [5.74, 6) is 0. The number of aryl methyl sites for hydroxylation is 1. The van der Waals surface area contributed by atoms with Crippen molar-refractivity contribution in [2.24, 2.45) is 0 Å². The van der Waals surface area contributed by atoms with Crippen molar-refractivity contribution in [3.05, 3.63) is 78.6 Å². The molecule has 4 aromatic rings. The normalized spacial score (nSPS) is 11.2. The second-order valence-electron chi connectivity index (χ2n) is 5.19. The Bertz CT molecular complexity index is 910. The summed E-state index contributed by atoms with van der Waals surface area (Å²) in [7, 11) is 0. The van der Waals surface area contributed by atoms with Gasteiger partial charge in [-0.2, -0.15) is 0 Å². The fourth-order valence-corrected chi connectivity index (χ4v) is 2.99. The molecule has 0 fully saturated rings. The lowest BCUT2D eigenvalue weighted by atomic mass is 9.98. The largest absolute Gasteiger partial charge is 0.323 e. The van der Waals surface area contributed by atoms with Gasteiger partial charge in [0, 0.05) is 23.5 Å². The molecule has 0 spiro atoms. The predicted octanol–water partition coefficient (Wildman–Crippen LogP) is 5.07. The number of hydrogen-bond acceptors (Lipinski definition) is 0. The van der Waals surface area contributed by atoms with Crippen LogP contribution >= 0.6 is 0 Å². The van der Waals surface area contributed by atoms with Crippen molar-refractivity contribution < 1.29 is 0 Å². The molecular weight excluding hydrogens is 242 g/mol. The van der Waals surface area contributed by atoms with Gasteiger partial charge in [0.1, 0.15) is 0 Å². The van der Waals surface area contributed by atoms with Crippen LogP contribution in [-0.2, 0) is 0 Å². The minimum Gasteiger partial charge on any atom is -0.323 e. The maximum Gasteiger partial charge on any atom is 0.0485 e. The fourth-order valence-electron chi connectivity index (χ4n) is 2.99. The highest BCUT2D eigenvalue weighted by atomic mass is 14.9. The summed E-state index contributed by atoms with van der Waals surface area (Å²) in [6.45, 7) is 2.20. The summed E-state index contributed by atoms with van der Waals surface area (Å²) >= 11 is 0. The second kappa shape index (κ2) is 4.24. The molecule has 0 saturated carbocycles. The van der Waals surface area contributed by atoms with Gasteiger partial charge in [-0.25, -0.2) is 0 Å². The SMILES string of the molecule is Cc1c(-c2cccc3ccccc23)cn2ccccc12. The van der Waals surface area contributed by atoms with E-state index in [1.807, 2.05) is 0 Å². The van der Waals surface area contributed by atoms with Gasteiger partial charge in [-0.15, -0.1) is 0 Å². The van der Waals surface area contributed by atoms with E-state index in [9.17, 15) is 0 Å². The van der Waals surface area contributed by atoms with Crippen molar-refractivity contribution in [1.82, 2.24) is 4.40 Å². The van der Waals surface area contributed by atoms with Gasteiger partial charge < -0.3 is 4.40 Å². The first-order valence-electron chi connectivity index (χ1n) is 6.89. The highest BCUT2D eigenvalue weighted by molar-refractivity contribution is 5.98. The van der Waals surface area contributed by atoms with Gasteiger partial charge in [-0.1, -0.05) is 48.5 Å². The van der Waals surface area contributed by atoms with Crippen LogP contribution in [0.25, 0.3) is 27.4 Å². The predicted molar refractivity (Wildman–Crippen MR) is 85.1 cm³/mol. The third kappa shape index (κ3) is 1.56. The van der Waals surface area contributed by atoms with Gasteiger partial charge in [-0.3, -0.25) is 0 Å². The molecule has 1 nitrogen and oxygen atoms in total. The summed E-state index contributed by atoms with van der Waals surface area (Å²) < 4.78 is 2.20. The number of aromatic nitrogens is 1. The minimum absolute atomic E-state index is 1.27. The first-order chi connectivity index (χ1) is 9.84. The number of fused-ring (bicyclic) bond motifs is 2.